The summed E-state index contributed by atoms with van der Waals surface area (Å²) >= 11 is 0. The van der Waals surface area contributed by atoms with Gasteiger partial charge in [0.25, 0.3) is 0 Å². The maximum atomic E-state index is 14.2. The average Bonchev–Trinajstić information content (AvgIpc) is 3.58. The van der Waals surface area contributed by atoms with E-state index in [0.717, 1.165) is 37.9 Å². The Balaban J connectivity index is 1.54. The van der Waals surface area contributed by atoms with Crippen LogP contribution in [-0.2, 0) is 14.3 Å². The fourth-order valence-electron chi connectivity index (χ4n) is 6.40. The lowest BCUT2D eigenvalue weighted by Crippen LogP contribution is -2.57. The number of methoxy groups -OCH3 is 3. The first-order valence-electron chi connectivity index (χ1n) is 12.5. The van der Waals surface area contributed by atoms with E-state index in [2.05, 4.69) is 17.1 Å². The van der Waals surface area contributed by atoms with Gasteiger partial charge in [0.1, 0.15) is 11.3 Å². The zero-order valence-corrected chi connectivity index (χ0v) is 19.9. The smallest absolute Gasteiger partial charge is 0.337 e. The summed E-state index contributed by atoms with van der Waals surface area (Å²) in [4.78, 5) is 29.2. The van der Waals surface area contributed by atoms with Crippen LogP contribution in [0.1, 0.15) is 62.2 Å². The van der Waals surface area contributed by atoms with Gasteiger partial charge in [-0.1, -0.05) is 19.4 Å². The van der Waals surface area contributed by atoms with Crippen molar-refractivity contribution in [3.63, 3.8) is 0 Å². The third kappa shape index (κ3) is 3.35. The molecule has 4 aliphatic rings. The lowest BCUT2D eigenvalue weighted by molar-refractivity contribution is -0.137. The van der Waals surface area contributed by atoms with Gasteiger partial charge < -0.3 is 19.5 Å². The molecule has 3 aliphatic heterocycles. The van der Waals surface area contributed by atoms with Crippen LogP contribution in [0.5, 0.6) is 5.75 Å². The molecule has 1 saturated carbocycles. The number of carbonyl (C=O) groups is 2. The molecular weight excluding hydrogens is 420 g/mol. The van der Waals surface area contributed by atoms with E-state index in [1.165, 1.54) is 20.5 Å². The van der Waals surface area contributed by atoms with Crippen molar-refractivity contribution in [2.75, 3.05) is 39.7 Å². The van der Waals surface area contributed by atoms with E-state index >= 15 is 0 Å². The third-order valence-electron chi connectivity index (χ3n) is 8.22. The van der Waals surface area contributed by atoms with E-state index in [-0.39, 0.29) is 29.6 Å². The molecular formula is C26H34N2O5. The second-order valence-corrected chi connectivity index (χ2v) is 9.80. The monoisotopic (exact) mass is 455 g/mol. The molecule has 2 saturated heterocycles. The van der Waals surface area contributed by atoms with Crippen LogP contribution >= 0.6 is 0 Å². The number of carbonyl (C=O) groups excluding carboxylic acids is 2. The second-order valence-electron chi connectivity index (χ2n) is 9.80. The molecule has 0 unspecified atom stereocenters. The molecule has 0 radical (unpaired) electrons. The van der Waals surface area contributed by atoms with E-state index < -0.39 is 5.54 Å². The molecule has 7 heteroatoms. The molecule has 33 heavy (non-hydrogen) atoms. The largest absolute Gasteiger partial charge is 0.504 e. The number of hydrogen-bond acceptors (Lipinski definition) is 7. The Kier molecular flexibility index (Phi) is 5.32. The molecule has 3 fully saturated rings. The minimum absolute atomic E-state index is 0.0203. The van der Waals surface area contributed by atoms with Gasteiger partial charge in [0, 0.05) is 24.8 Å². The molecule has 1 aromatic carbocycles. The van der Waals surface area contributed by atoms with Gasteiger partial charge in [0.2, 0.25) is 0 Å². The number of piperidine rings is 1. The topological polar surface area (TPSA) is 77.1 Å². The zero-order chi connectivity index (χ0) is 24.2. The summed E-state index contributed by atoms with van der Waals surface area (Å²) in [6.45, 7) is 3.74. The van der Waals surface area contributed by atoms with Gasteiger partial charge in [-0.25, -0.2) is 4.79 Å². The molecule has 1 aliphatic carbocycles. The molecule has 1 N–H and O–H groups in total. The molecule has 1 aromatic rings. The lowest BCUT2D eigenvalue weighted by atomic mass is 9.72. The van der Waals surface area contributed by atoms with Crippen LogP contribution in [0.25, 0.3) is 0 Å². The van der Waals surface area contributed by atoms with Gasteiger partial charge in [-0.05, 0) is 55.0 Å². The van der Waals surface area contributed by atoms with Crippen LogP contribution < -0.4 is 10.1 Å². The van der Waals surface area contributed by atoms with Crippen molar-refractivity contribution in [2.24, 2.45) is 11.8 Å². The van der Waals surface area contributed by atoms with Gasteiger partial charge in [-0.3, -0.25) is 9.69 Å². The standard InChI is InChI=1S/C26H34N2O5/c1-5-15-13-28-11-10-26(21(28)12-18(15)19(14-31-2)25(30)33-4)24(29)22-20(27-26)9-8-17(16-6-7-16)23(22)32-3/h8-9,14-16,18,21,27H,5-7,10-13H2,1-4H3/b19-14+/t15-,18+,21+,26+/m1/s1/i9D. The Labute approximate surface area is 196 Å². The Morgan fingerprint density at radius 1 is 1.36 bits per heavy atom. The Morgan fingerprint density at radius 3 is 2.79 bits per heavy atom. The number of ether oxygens (including phenoxy) is 3. The van der Waals surface area contributed by atoms with Crippen LogP contribution in [-0.4, -0.2) is 62.7 Å². The zero-order valence-electron chi connectivity index (χ0n) is 20.9. The van der Waals surface area contributed by atoms with E-state index in [0.29, 0.717) is 47.4 Å². The summed E-state index contributed by atoms with van der Waals surface area (Å²) in [5.41, 5.74) is 1.81. The quantitative estimate of drug-likeness (QED) is 0.398. The highest BCUT2D eigenvalue weighted by Crippen LogP contribution is 2.53. The lowest BCUT2D eigenvalue weighted by Gasteiger charge is -2.45. The van der Waals surface area contributed by atoms with Crippen LogP contribution in [0.4, 0.5) is 5.69 Å². The van der Waals surface area contributed by atoms with Crippen LogP contribution in [0, 0.1) is 11.8 Å². The van der Waals surface area contributed by atoms with Gasteiger partial charge >= 0.3 is 5.97 Å². The average molecular weight is 456 g/mol. The molecule has 0 aromatic heterocycles. The molecule has 0 bridgehead atoms. The number of anilines is 1. The first-order chi connectivity index (χ1) is 16.4. The molecule has 3 heterocycles. The number of hydrogen-bond donors (Lipinski definition) is 1. The maximum Gasteiger partial charge on any atom is 0.337 e. The SMILES string of the molecule is [2H]c1cc(C2CC2)c(OC)c2c1N[C@]1(CCN3C[C@@H](CC)[C@@H](/C(=C\OC)C(=O)OC)C[C@H]31)C2=O. The van der Waals surface area contributed by atoms with Gasteiger partial charge in [-0.2, -0.15) is 0 Å². The van der Waals surface area contributed by atoms with Crippen molar-refractivity contribution in [3.8, 4) is 5.75 Å². The molecule has 178 valence electrons. The van der Waals surface area contributed by atoms with Crippen LogP contribution in [0.2, 0.25) is 0 Å². The van der Waals surface area contributed by atoms with Gasteiger partial charge in [0.05, 0.1) is 40.1 Å². The molecule has 1 spiro atoms. The van der Waals surface area contributed by atoms with Crippen molar-refractivity contribution in [3.05, 3.63) is 35.1 Å². The minimum Gasteiger partial charge on any atom is -0.504 e. The fraction of sp³-hybridized carbons (Fsp3) is 0.615. The van der Waals surface area contributed by atoms with Crippen LogP contribution in [0.15, 0.2) is 23.9 Å². The van der Waals surface area contributed by atoms with E-state index in [1.54, 1.807) is 7.11 Å². The van der Waals surface area contributed by atoms with Crippen molar-refractivity contribution in [1.29, 1.82) is 0 Å². The second kappa shape index (κ2) is 8.35. The number of nitrogens with one attached hydrogen (secondary N) is 1. The first-order valence-corrected chi connectivity index (χ1v) is 12.0. The van der Waals surface area contributed by atoms with Crippen molar-refractivity contribution < 1.29 is 25.2 Å². The predicted octanol–water partition coefficient (Wildman–Crippen LogP) is 3.74. The Morgan fingerprint density at radius 2 is 2.15 bits per heavy atom. The minimum atomic E-state index is -0.821. The number of nitrogens with zero attached hydrogens (tertiary/aromatic N) is 1. The molecule has 5 rings (SSSR count). The van der Waals surface area contributed by atoms with E-state index in [1.807, 2.05) is 6.07 Å². The number of fused-ring (bicyclic) bond motifs is 3. The number of benzene rings is 1. The number of ketones is 1. The summed E-state index contributed by atoms with van der Waals surface area (Å²) in [6, 6.07) is 2.13. The van der Waals surface area contributed by atoms with E-state index in [4.69, 9.17) is 15.6 Å². The van der Waals surface area contributed by atoms with Crippen molar-refractivity contribution >= 4 is 17.4 Å². The summed E-state index contributed by atoms with van der Waals surface area (Å²) in [5.74, 6) is 0.824. The molecule has 7 nitrogen and oxygen atoms in total. The molecule has 0 amide bonds. The summed E-state index contributed by atoms with van der Waals surface area (Å²) < 4.78 is 24.8. The van der Waals surface area contributed by atoms with Gasteiger partial charge in [-0.15, -0.1) is 0 Å². The van der Waals surface area contributed by atoms with Crippen molar-refractivity contribution in [1.82, 2.24) is 4.90 Å². The summed E-state index contributed by atoms with van der Waals surface area (Å²) in [7, 11) is 4.54. The first kappa shape index (κ1) is 21.0. The van der Waals surface area contributed by atoms with E-state index in [9.17, 15) is 9.59 Å². The summed E-state index contributed by atoms with van der Waals surface area (Å²) in [6.07, 6.45) is 5.86. The van der Waals surface area contributed by atoms with Gasteiger partial charge in [0.15, 0.2) is 5.78 Å². The predicted molar refractivity (Wildman–Crippen MR) is 125 cm³/mol. The maximum absolute atomic E-state index is 14.2. The number of esters is 1. The third-order valence-corrected chi connectivity index (χ3v) is 8.22. The Hall–Kier alpha value is -2.54. The van der Waals surface area contributed by atoms with Crippen LogP contribution in [0.3, 0.4) is 0 Å². The fourth-order valence-corrected chi connectivity index (χ4v) is 6.40. The highest BCUT2D eigenvalue weighted by molar-refractivity contribution is 6.16. The highest BCUT2D eigenvalue weighted by Gasteiger charge is 2.60. The number of Topliss-reactive ketones (excluding diaryl/α,β-unsaturated/α-hetero) is 1. The summed E-state index contributed by atoms with van der Waals surface area (Å²) in [5, 5.41) is 3.53. The number of rotatable bonds is 6. The highest BCUT2D eigenvalue weighted by atomic mass is 16.5. The van der Waals surface area contributed by atoms with Crippen molar-refractivity contribution in [2.45, 2.75) is 56.5 Å². The normalized spacial score (nSPS) is 31.6. The molecule has 4 atom stereocenters. The Bertz CT molecular complexity index is 1050.